The minimum Gasteiger partial charge on any atom is -0.497 e. The molecule has 2 aromatic heterocycles. The topological polar surface area (TPSA) is 117 Å². The van der Waals surface area contributed by atoms with Crippen LogP contribution in [-0.4, -0.2) is 60.8 Å². The first-order valence-corrected chi connectivity index (χ1v) is 23.7. The number of esters is 1. The van der Waals surface area contributed by atoms with Gasteiger partial charge in [0.2, 0.25) is 5.91 Å². The summed E-state index contributed by atoms with van der Waals surface area (Å²) >= 11 is 6.10. The minimum atomic E-state index is -2.09. The highest BCUT2D eigenvalue weighted by atomic mass is 35.5. The first-order valence-electron chi connectivity index (χ1n) is 20.2. The highest BCUT2D eigenvalue weighted by molar-refractivity contribution is 6.89. The Balaban J connectivity index is 1.21. The van der Waals surface area contributed by atoms with Crippen molar-refractivity contribution >= 4 is 76.2 Å². The predicted octanol–water partition coefficient (Wildman–Crippen LogP) is 10.3. The van der Waals surface area contributed by atoms with Crippen LogP contribution in [0.4, 0.5) is 10.5 Å². The van der Waals surface area contributed by atoms with Gasteiger partial charge in [-0.1, -0.05) is 84.5 Å². The highest BCUT2D eigenvalue weighted by Crippen LogP contribution is 2.33. The quantitative estimate of drug-likeness (QED) is 0.0604. The summed E-state index contributed by atoms with van der Waals surface area (Å²) in [5.74, 6) is -0.641. The molecule has 0 fully saturated rings. The second kappa shape index (κ2) is 18.6. The molecule has 0 bridgehead atoms. The fourth-order valence-corrected chi connectivity index (χ4v) is 11.1. The van der Waals surface area contributed by atoms with Crippen molar-refractivity contribution in [2.75, 3.05) is 18.6 Å². The maximum atomic E-state index is 14.5. The second-order valence-electron chi connectivity index (χ2n) is 16.7. The summed E-state index contributed by atoms with van der Waals surface area (Å²) in [4.78, 5) is 61.4. The number of amides is 2. The number of anilines is 1. The number of pyridine rings is 1. The maximum absolute atomic E-state index is 14.5. The Bertz CT molecular complexity index is 2510. The normalized spacial score (nSPS) is 12.3. The molecule has 0 saturated heterocycles. The first kappa shape index (κ1) is 43.8. The molecule has 1 atom stereocenters. The SMILES string of the molecule is COc1ccc2c(CC(=O)OCCCC(CC(=O)N(C(=O)OC(C)(C)C)c3cccc4cccnc34)C[Si](C)(C)c3ccccc3)c(C)n(C(=O)c3ccc(Cl)cc3)c2c1. The zero-order valence-corrected chi connectivity index (χ0v) is 37.0. The van der Waals surface area contributed by atoms with E-state index in [2.05, 4.69) is 30.2 Å². The van der Waals surface area contributed by atoms with Crippen LogP contribution < -0.4 is 14.8 Å². The van der Waals surface area contributed by atoms with Crippen LogP contribution in [0.3, 0.4) is 0 Å². The predicted molar refractivity (Wildman–Crippen MR) is 240 cm³/mol. The average Bonchev–Trinajstić information content (AvgIpc) is 3.48. The van der Waals surface area contributed by atoms with Gasteiger partial charge in [0.25, 0.3) is 5.91 Å². The van der Waals surface area contributed by atoms with Crippen molar-refractivity contribution in [3.63, 3.8) is 0 Å². The molecule has 312 valence electrons. The van der Waals surface area contributed by atoms with Crippen molar-refractivity contribution in [3.8, 4) is 5.75 Å². The number of hydrogen-bond acceptors (Lipinski definition) is 8. The van der Waals surface area contributed by atoms with E-state index in [1.165, 1.54) is 5.19 Å². The molecule has 12 heteroatoms. The van der Waals surface area contributed by atoms with Gasteiger partial charge in [-0.05, 0) is 101 Å². The summed E-state index contributed by atoms with van der Waals surface area (Å²) in [5, 5.41) is 3.32. The van der Waals surface area contributed by atoms with E-state index in [1.54, 1.807) is 87.2 Å². The number of benzene rings is 4. The highest BCUT2D eigenvalue weighted by Gasteiger charge is 2.34. The maximum Gasteiger partial charge on any atom is 0.421 e. The van der Waals surface area contributed by atoms with E-state index in [1.807, 2.05) is 49.4 Å². The summed E-state index contributed by atoms with van der Waals surface area (Å²) < 4.78 is 18.7. The molecule has 2 heterocycles. The molecule has 0 spiro atoms. The summed E-state index contributed by atoms with van der Waals surface area (Å²) in [7, 11) is -0.531. The average molecular weight is 846 g/mol. The standard InChI is InChI=1S/C48H52ClN3O7Si/c1-32-40(39-25-24-37(57-5)29-42(39)51(32)46(55)35-20-22-36(49)23-21-35)30-44(54)58-27-13-14-33(31-60(6,7)38-17-9-8-10-18-38)28-43(53)52(47(56)59-48(2,3)4)41-19-11-15-34-16-12-26-50-45(34)41/h8-12,15-26,29,33H,13-14,27-28,30-31H2,1-7H3. The van der Waals surface area contributed by atoms with Crippen LogP contribution in [-0.2, 0) is 25.5 Å². The van der Waals surface area contributed by atoms with Crippen LogP contribution in [0.1, 0.15) is 61.6 Å². The van der Waals surface area contributed by atoms with E-state index < -0.39 is 25.7 Å². The van der Waals surface area contributed by atoms with Crippen LogP contribution in [0.15, 0.2) is 109 Å². The summed E-state index contributed by atoms with van der Waals surface area (Å²) in [6.45, 7) is 11.8. The molecular weight excluding hydrogens is 794 g/mol. The molecule has 2 amide bonds. The van der Waals surface area contributed by atoms with Crippen molar-refractivity contribution in [1.29, 1.82) is 0 Å². The van der Waals surface area contributed by atoms with Crippen LogP contribution in [0.5, 0.6) is 5.75 Å². The number of rotatable bonds is 14. The van der Waals surface area contributed by atoms with Crippen LogP contribution in [0.2, 0.25) is 24.2 Å². The minimum absolute atomic E-state index is 0.0463. The number of nitrogens with zero attached hydrogens (tertiary/aromatic N) is 3. The number of hydrogen-bond donors (Lipinski definition) is 0. The van der Waals surface area contributed by atoms with Crippen molar-refractivity contribution in [3.05, 3.63) is 131 Å². The molecule has 0 N–H and O–H groups in total. The Labute approximate surface area is 357 Å². The van der Waals surface area contributed by atoms with E-state index >= 15 is 0 Å². The Morgan fingerprint density at radius 3 is 2.32 bits per heavy atom. The van der Waals surface area contributed by atoms with Crippen molar-refractivity contribution in [2.45, 2.75) is 78.1 Å². The lowest BCUT2D eigenvalue weighted by Crippen LogP contribution is -2.45. The van der Waals surface area contributed by atoms with Crippen molar-refractivity contribution < 1.29 is 33.4 Å². The van der Waals surface area contributed by atoms with Gasteiger partial charge in [-0.2, -0.15) is 0 Å². The Kier molecular flexibility index (Phi) is 13.6. The fraction of sp³-hybridized carbons (Fsp3) is 0.312. The van der Waals surface area contributed by atoms with Gasteiger partial charge in [0.05, 0.1) is 44.9 Å². The Morgan fingerprint density at radius 2 is 1.62 bits per heavy atom. The number of carbonyl (C=O) groups excluding carboxylic acids is 4. The third-order valence-electron chi connectivity index (χ3n) is 10.7. The molecule has 0 aliphatic rings. The molecular formula is C48H52ClN3O7Si. The summed E-state index contributed by atoms with van der Waals surface area (Å²) in [6.07, 6.45) is 1.98. The zero-order chi connectivity index (χ0) is 43.2. The molecule has 0 saturated carbocycles. The smallest absolute Gasteiger partial charge is 0.421 e. The largest absolute Gasteiger partial charge is 0.497 e. The monoisotopic (exact) mass is 845 g/mol. The molecule has 10 nitrogen and oxygen atoms in total. The van der Waals surface area contributed by atoms with Crippen molar-refractivity contribution in [2.24, 2.45) is 5.92 Å². The van der Waals surface area contributed by atoms with Gasteiger partial charge in [-0.15, -0.1) is 0 Å². The molecule has 0 aliphatic carbocycles. The molecule has 4 aromatic carbocycles. The van der Waals surface area contributed by atoms with Gasteiger partial charge < -0.3 is 14.2 Å². The molecule has 6 rings (SSSR count). The van der Waals surface area contributed by atoms with E-state index in [4.69, 9.17) is 25.8 Å². The number of para-hydroxylation sites is 1. The summed E-state index contributed by atoms with van der Waals surface area (Å²) in [6, 6.07) is 32.3. The molecule has 0 radical (unpaired) electrons. The molecule has 6 aromatic rings. The van der Waals surface area contributed by atoms with Gasteiger partial charge in [0.15, 0.2) is 0 Å². The third kappa shape index (κ3) is 10.3. The van der Waals surface area contributed by atoms with Gasteiger partial charge in [0, 0.05) is 45.7 Å². The number of imide groups is 1. The number of carbonyl (C=O) groups is 4. The first-order chi connectivity index (χ1) is 28.6. The molecule has 0 aliphatic heterocycles. The summed E-state index contributed by atoms with van der Waals surface area (Å²) in [5.41, 5.74) is 2.42. The number of ether oxygens (including phenoxy) is 3. The Morgan fingerprint density at radius 1 is 0.900 bits per heavy atom. The second-order valence-corrected chi connectivity index (χ2v) is 21.9. The lowest BCUT2D eigenvalue weighted by Gasteiger charge is -2.31. The van der Waals surface area contributed by atoms with Crippen LogP contribution in [0, 0.1) is 12.8 Å². The number of halogens is 1. The van der Waals surface area contributed by atoms with Crippen molar-refractivity contribution in [1.82, 2.24) is 9.55 Å². The van der Waals surface area contributed by atoms with Crippen LogP contribution >= 0.6 is 11.6 Å². The molecule has 60 heavy (non-hydrogen) atoms. The molecule has 1 unspecified atom stereocenters. The van der Waals surface area contributed by atoms with Crippen LogP contribution in [0.25, 0.3) is 21.8 Å². The van der Waals surface area contributed by atoms with E-state index in [0.717, 1.165) is 21.7 Å². The lowest BCUT2D eigenvalue weighted by molar-refractivity contribution is -0.143. The van der Waals surface area contributed by atoms with E-state index in [9.17, 15) is 19.2 Å². The number of aromatic nitrogens is 2. The van der Waals surface area contributed by atoms with Gasteiger partial charge in [-0.25, -0.2) is 9.69 Å². The number of fused-ring (bicyclic) bond motifs is 2. The van der Waals surface area contributed by atoms with E-state index in [0.29, 0.717) is 57.2 Å². The van der Waals surface area contributed by atoms with Gasteiger partial charge >= 0.3 is 12.1 Å². The Hall–Kier alpha value is -5.78. The zero-order valence-electron chi connectivity index (χ0n) is 35.3. The third-order valence-corrected chi connectivity index (χ3v) is 14.4. The number of methoxy groups -OCH3 is 1. The lowest BCUT2D eigenvalue weighted by atomic mass is 10.0. The van der Waals surface area contributed by atoms with Gasteiger partial charge in [-0.3, -0.25) is 23.9 Å². The van der Waals surface area contributed by atoms with Gasteiger partial charge in [0.1, 0.15) is 11.4 Å². The fourth-order valence-electron chi connectivity index (χ4n) is 7.80. The van der Waals surface area contributed by atoms with E-state index in [-0.39, 0.29) is 37.2 Å².